The summed E-state index contributed by atoms with van der Waals surface area (Å²) >= 11 is 0. The lowest BCUT2D eigenvalue weighted by Gasteiger charge is -2.36. The van der Waals surface area contributed by atoms with Gasteiger partial charge in [0.1, 0.15) is 17.7 Å². The number of benzene rings is 1. The summed E-state index contributed by atoms with van der Waals surface area (Å²) in [6.45, 7) is 7.57. The number of methoxy groups -OCH3 is 1. The van der Waals surface area contributed by atoms with E-state index >= 15 is 0 Å². The molecule has 1 atom stereocenters. The second kappa shape index (κ2) is 5.46. The van der Waals surface area contributed by atoms with Crippen LogP contribution in [0.1, 0.15) is 39.4 Å². The van der Waals surface area contributed by atoms with E-state index in [9.17, 15) is 5.21 Å². The van der Waals surface area contributed by atoms with Crippen LogP contribution in [0.3, 0.4) is 0 Å². The Bertz CT molecular complexity index is 516. The zero-order valence-corrected chi connectivity index (χ0v) is 13.2. The van der Waals surface area contributed by atoms with Crippen molar-refractivity contribution in [2.24, 2.45) is 0 Å². The molecule has 0 aliphatic carbocycles. The van der Waals surface area contributed by atoms with E-state index in [1.54, 1.807) is 19.2 Å². The minimum absolute atomic E-state index is 0.303. The monoisotopic (exact) mass is 296 g/mol. The molecule has 21 heavy (non-hydrogen) atoms. The smallest absolute Gasteiger partial charge is 0.186 e. The van der Waals surface area contributed by atoms with Crippen molar-refractivity contribution < 1.29 is 19.8 Å². The molecular weight excluding hydrogens is 272 g/mol. The molecular formula is C15H24N2O4. The molecule has 1 aromatic carbocycles. The van der Waals surface area contributed by atoms with Crippen molar-refractivity contribution in [3.05, 3.63) is 23.8 Å². The van der Waals surface area contributed by atoms with Crippen LogP contribution in [0.4, 0.5) is 0 Å². The number of aliphatic hydroxyl groups is 1. The van der Waals surface area contributed by atoms with Gasteiger partial charge in [0.2, 0.25) is 0 Å². The number of hydroxylamine groups is 2. The van der Waals surface area contributed by atoms with Crippen LogP contribution in [0, 0.1) is 0 Å². The van der Waals surface area contributed by atoms with Crippen molar-refractivity contribution in [3.8, 4) is 11.5 Å². The fraction of sp³-hybridized carbons (Fsp3) is 0.600. The van der Waals surface area contributed by atoms with Crippen molar-refractivity contribution in [1.29, 1.82) is 0 Å². The second-order valence-corrected chi connectivity index (χ2v) is 6.25. The number of aliphatic hydroxyl groups excluding tert-OH is 1. The van der Waals surface area contributed by atoms with Crippen LogP contribution in [0.15, 0.2) is 18.2 Å². The van der Waals surface area contributed by atoms with E-state index in [2.05, 4.69) is 5.32 Å². The van der Waals surface area contributed by atoms with Crippen molar-refractivity contribution in [2.75, 3.05) is 13.9 Å². The van der Waals surface area contributed by atoms with E-state index in [-0.39, 0.29) is 5.54 Å². The standard InChI is InChI=1S/C15H24N2O4/c1-14(2)15(3,4)17(19)13(16-14)11-7-6-10(20-5)8-12(11)21-9-18/h6-8,13,16,18-19H,9H2,1-5H3. The highest BCUT2D eigenvalue weighted by Gasteiger charge is 2.53. The van der Waals surface area contributed by atoms with E-state index in [1.165, 1.54) is 5.06 Å². The zero-order valence-electron chi connectivity index (χ0n) is 13.2. The SMILES string of the molecule is COc1ccc(C2NC(C)(C)C(C)(C)N2O)c(OCO)c1. The molecule has 1 saturated heterocycles. The first-order chi connectivity index (χ1) is 9.74. The molecule has 1 fully saturated rings. The average Bonchev–Trinajstić information content (AvgIpc) is 2.59. The van der Waals surface area contributed by atoms with Crippen LogP contribution in [-0.4, -0.2) is 40.4 Å². The van der Waals surface area contributed by atoms with Crippen LogP contribution in [0.5, 0.6) is 11.5 Å². The van der Waals surface area contributed by atoms with Gasteiger partial charge in [-0.25, -0.2) is 0 Å². The summed E-state index contributed by atoms with van der Waals surface area (Å²) in [6.07, 6.45) is -0.428. The van der Waals surface area contributed by atoms with Gasteiger partial charge < -0.3 is 19.8 Å². The molecule has 0 radical (unpaired) electrons. The fourth-order valence-corrected chi connectivity index (χ4v) is 2.46. The summed E-state index contributed by atoms with van der Waals surface area (Å²) < 4.78 is 10.4. The summed E-state index contributed by atoms with van der Waals surface area (Å²) in [4.78, 5) is 0. The van der Waals surface area contributed by atoms with Crippen LogP contribution < -0.4 is 14.8 Å². The molecule has 1 aliphatic heterocycles. The molecule has 6 nitrogen and oxygen atoms in total. The highest BCUT2D eigenvalue weighted by Crippen LogP contribution is 2.43. The van der Waals surface area contributed by atoms with Crippen LogP contribution in [0.25, 0.3) is 0 Å². The molecule has 0 amide bonds. The quantitative estimate of drug-likeness (QED) is 0.737. The van der Waals surface area contributed by atoms with Crippen molar-refractivity contribution in [2.45, 2.75) is 44.9 Å². The summed E-state index contributed by atoms with van der Waals surface area (Å²) in [5.41, 5.74) is -0.0253. The normalized spacial score (nSPS) is 24.0. The lowest BCUT2D eigenvalue weighted by atomic mass is 9.84. The van der Waals surface area contributed by atoms with E-state index in [1.807, 2.05) is 33.8 Å². The minimum Gasteiger partial charge on any atom is -0.497 e. The molecule has 0 aromatic heterocycles. The molecule has 0 saturated carbocycles. The fourth-order valence-electron chi connectivity index (χ4n) is 2.46. The third kappa shape index (κ3) is 2.60. The van der Waals surface area contributed by atoms with Gasteiger partial charge in [0, 0.05) is 17.2 Å². The van der Waals surface area contributed by atoms with Crippen molar-refractivity contribution in [1.82, 2.24) is 10.4 Å². The molecule has 2 rings (SSSR count). The molecule has 0 spiro atoms. The van der Waals surface area contributed by atoms with Gasteiger partial charge in [-0.05, 0) is 39.8 Å². The van der Waals surface area contributed by atoms with Crippen LogP contribution in [0.2, 0.25) is 0 Å². The number of hydrogen-bond donors (Lipinski definition) is 3. The zero-order chi connectivity index (χ0) is 15.8. The average molecular weight is 296 g/mol. The highest BCUT2D eigenvalue weighted by molar-refractivity contribution is 5.43. The van der Waals surface area contributed by atoms with E-state index in [4.69, 9.17) is 14.6 Å². The van der Waals surface area contributed by atoms with Crippen molar-refractivity contribution >= 4 is 0 Å². The number of ether oxygens (including phenoxy) is 2. The number of rotatable bonds is 4. The first-order valence-corrected chi connectivity index (χ1v) is 6.92. The third-order valence-corrected chi connectivity index (χ3v) is 4.58. The Balaban J connectivity index is 2.43. The van der Waals surface area contributed by atoms with Gasteiger partial charge in [0.25, 0.3) is 0 Å². The predicted octanol–water partition coefficient (Wildman–Crippen LogP) is 1.87. The maximum absolute atomic E-state index is 10.5. The Morgan fingerprint density at radius 2 is 1.95 bits per heavy atom. The van der Waals surface area contributed by atoms with Gasteiger partial charge in [0.15, 0.2) is 6.79 Å². The van der Waals surface area contributed by atoms with E-state index < -0.39 is 18.5 Å². The van der Waals surface area contributed by atoms with E-state index in [0.717, 1.165) is 5.56 Å². The van der Waals surface area contributed by atoms with Gasteiger partial charge >= 0.3 is 0 Å². The second-order valence-electron chi connectivity index (χ2n) is 6.25. The van der Waals surface area contributed by atoms with Gasteiger partial charge in [-0.2, -0.15) is 5.06 Å². The maximum Gasteiger partial charge on any atom is 0.186 e. The molecule has 1 unspecified atom stereocenters. The lowest BCUT2D eigenvalue weighted by Crippen LogP contribution is -2.52. The molecule has 0 bridgehead atoms. The topological polar surface area (TPSA) is 74.2 Å². The Morgan fingerprint density at radius 3 is 2.43 bits per heavy atom. The highest BCUT2D eigenvalue weighted by atomic mass is 16.6. The largest absolute Gasteiger partial charge is 0.497 e. The van der Waals surface area contributed by atoms with Gasteiger partial charge in [0.05, 0.1) is 12.6 Å². The van der Waals surface area contributed by atoms with Gasteiger partial charge in [-0.3, -0.25) is 5.32 Å². The molecule has 3 N–H and O–H groups in total. The van der Waals surface area contributed by atoms with Crippen molar-refractivity contribution in [3.63, 3.8) is 0 Å². The predicted molar refractivity (Wildman–Crippen MR) is 78.4 cm³/mol. The molecule has 1 aliphatic rings. The van der Waals surface area contributed by atoms with Crippen LogP contribution in [-0.2, 0) is 0 Å². The van der Waals surface area contributed by atoms with Crippen LogP contribution >= 0.6 is 0 Å². The number of nitrogens with zero attached hydrogens (tertiary/aromatic N) is 1. The summed E-state index contributed by atoms with van der Waals surface area (Å²) in [5, 5.41) is 24.3. The molecule has 1 heterocycles. The lowest BCUT2D eigenvalue weighted by molar-refractivity contribution is -0.174. The Morgan fingerprint density at radius 1 is 1.29 bits per heavy atom. The summed E-state index contributed by atoms with van der Waals surface area (Å²) in [7, 11) is 1.57. The summed E-state index contributed by atoms with van der Waals surface area (Å²) in [5.74, 6) is 1.10. The summed E-state index contributed by atoms with van der Waals surface area (Å²) in [6, 6.07) is 5.31. The Kier molecular flexibility index (Phi) is 4.17. The minimum atomic E-state index is -0.464. The molecule has 1 aromatic rings. The molecule has 118 valence electrons. The Labute approximate surface area is 125 Å². The van der Waals surface area contributed by atoms with Gasteiger partial charge in [-0.1, -0.05) is 0 Å². The van der Waals surface area contributed by atoms with Gasteiger partial charge in [-0.15, -0.1) is 0 Å². The Hall–Kier alpha value is -1.34. The van der Waals surface area contributed by atoms with E-state index in [0.29, 0.717) is 11.5 Å². The maximum atomic E-state index is 10.5. The number of nitrogens with one attached hydrogen (secondary N) is 1. The third-order valence-electron chi connectivity index (χ3n) is 4.58. The number of hydrogen-bond acceptors (Lipinski definition) is 6. The first-order valence-electron chi connectivity index (χ1n) is 6.92. The first kappa shape index (κ1) is 16.0. The molecule has 6 heteroatoms.